The van der Waals surface area contributed by atoms with Crippen LogP contribution in [0.5, 0.6) is 0 Å². The molecule has 6 heteroatoms. The Kier molecular flexibility index (Phi) is 2.73. The van der Waals surface area contributed by atoms with E-state index in [-0.39, 0.29) is 5.69 Å². The molecule has 1 aromatic carbocycles. The first kappa shape index (κ1) is 11.5. The molecule has 0 aliphatic heterocycles. The molecule has 18 heavy (non-hydrogen) atoms. The van der Waals surface area contributed by atoms with Crippen LogP contribution in [0.1, 0.15) is 0 Å². The fourth-order valence-corrected chi connectivity index (χ4v) is 2.26. The average molecular weight is 357 g/mol. The van der Waals surface area contributed by atoms with Gasteiger partial charge < -0.3 is 0 Å². The van der Waals surface area contributed by atoms with Gasteiger partial charge in [-0.15, -0.1) is 0 Å². The highest BCUT2D eigenvalue weighted by atomic mass is 127. The number of aromatic nitrogens is 3. The number of pyridine rings is 1. The number of nitrogens with zero attached hydrogens (tertiary/aromatic N) is 3. The molecule has 0 unspecified atom stereocenters. The van der Waals surface area contributed by atoms with Gasteiger partial charge in [0.2, 0.25) is 0 Å². The van der Waals surface area contributed by atoms with Crippen LogP contribution in [0, 0.1) is 15.2 Å². The second kappa shape index (κ2) is 4.27. The first-order chi connectivity index (χ1) is 8.66. The molecule has 0 aliphatic carbocycles. The Balaban J connectivity index is 2.32. The smallest absolute Gasteiger partial charge is 0.164 e. The second-order valence-corrected chi connectivity index (χ2v) is 4.84. The van der Waals surface area contributed by atoms with Crippen LogP contribution in [0.3, 0.4) is 0 Å². The zero-order valence-corrected chi connectivity index (χ0v) is 11.1. The Morgan fingerprint density at radius 2 is 2.00 bits per heavy atom. The Hall–Kier alpha value is -1.57. The summed E-state index contributed by atoms with van der Waals surface area (Å²) in [5.74, 6) is -1.05. The Morgan fingerprint density at radius 1 is 1.17 bits per heavy atom. The summed E-state index contributed by atoms with van der Waals surface area (Å²) in [6.45, 7) is 0. The number of rotatable bonds is 1. The van der Waals surface area contributed by atoms with E-state index in [4.69, 9.17) is 0 Å². The van der Waals surface area contributed by atoms with Crippen molar-refractivity contribution in [3.8, 4) is 5.69 Å². The van der Waals surface area contributed by atoms with Gasteiger partial charge in [-0.25, -0.2) is 18.4 Å². The minimum atomic E-state index is -0.540. The molecule has 0 fully saturated rings. The molecular formula is C12H6F2IN3. The summed E-state index contributed by atoms with van der Waals surface area (Å²) >= 11 is 2.15. The molecule has 0 bridgehead atoms. The van der Waals surface area contributed by atoms with Gasteiger partial charge >= 0.3 is 0 Å². The van der Waals surface area contributed by atoms with Gasteiger partial charge in [-0.2, -0.15) is 5.10 Å². The standard InChI is InChI=1S/C12H6F2IN3/c13-7-1-2-9(14)11(5-7)18-12-8(6-17-18)10(15)3-4-16-12/h1-6H. The maximum atomic E-state index is 13.7. The first-order valence-corrected chi connectivity index (χ1v) is 6.18. The molecule has 0 amide bonds. The molecule has 0 radical (unpaired) electrons. The molecule has 90 valence electrons. The molecule has 3 nitrogen and oxygen atoms in total. The van der Waals surface area contributed by atoms with Crippen molar-refractivity contribution in [1.29, 1.82) is 0 Å². The van der Waals surface area contributed by atoms with Gasteiger partial charge in [-0.05, 0) is 40.8 Å². The summed E-state index contributed by atoms with van der Waals surface area (Å²) in [7, 11) is 0. The van der Waals surface area contributed by atoms with Crippen molar-refractivity contribution in [2.75, 3.05) is 0 Å². The minimum Gasteiger partial charge on any atom is -0.236 e. The number of halogens is 3. The maximum Gasteiger partial charge on any atom is 0.164 e. The zero-order valence-electron chi connectivity index (χ0n) is 8.94. The zero-order chi connectivity index (χ0) is 12.7. The van der Waals surface area contributed by atoms with Crippen molar-refractivity contribution < 1.29 is 8.78 Å². The number of hydrogen-bond donors (Lipinski definition) is 0. The van der Waals surface area contributed by atoms with E-state index in [1.807, 2.05) is 6.07 Å². The topological polar surface area (TPSA) is 30.7 Å². The SMILES string of the molecule is Fc1ccc(F)c(-n2ncc3c(I)ccnc32)c1. The fourth-order valence-electron chi connectivity index (χ4n) is 1.72. The number of hydrogen-bond acceptors (Lipinski definition) is 2. The average Bonchev–Trinajstić information content (AvgIpc) is 2.77. The Morgan fingerprint density at radius 3 is 2.83 bits per heavy atom. The van der Waals surface area contributed by atoms with Crippen LogP contribution in [0.4, 0.5) is 8.78 Å². The second-order valence-electron chi connectivity index (χ2n) is 3.68. The third kappa shape index (κ3) is 1.76. The Labute approximate surface area is 115 Å². The van der Waals surface area contributed by atoms with Crippen LogP contribution in [-0.4, -0.2) is 14.8 Å². The lowest BCUT2D eigenvalue weighted by atomic mass is 10.3. The molecule has 3 aromatic rings. The molecular weight excluding hydrogens is 351 g/mol. The van der Waals surface area contributed by atoms with E-state index in [9.17, 15) is 8.78 Å². The van der Waals surface area contributed by atoms with Crippen molar-refractivity contribution in [3.05, 3.63) is 51.9 Å². The molecule has 3 rings (SSSR count). The molecule has 0 saturated heterocycles. The van der Waals surface area contributed by atoms with E-state index >= 15 is 0 Å². The van der Waals surface area contributed by atoms with Crippen molar-refractivity contribution in [1.82, 2.24) is 14.8 Å². The van der Waals surface area contributed by atoms with Gasteiger partial charge in [0.15, 0.2) is 5.65 Å². The highest BCUT2D eigenvalue weighted by Crippen LogP contribution is 2.22. The van der Waals surface area contributed by atoms with Crippen molar-refractivity contribution in [2.45, 2.75) is 0 Å². The summed E-state index contributed by atoms with van der Waals surface area (Å²) in [4.78, 5) is 4.16. The van der Waals surface area contributed by atoms with E-state index in [1.54, 1.807) is 12.4 Å². The van der Waals surface area contributed by atoms with Crippen LogP contribution < -0.4 is 0 Å². The van der Waals surface area contributed by atoms with Crippen LogP contribution in [0.2, 0.25) is 0 Å². The molecule has 0 aliphatic rings. The highest BCUT2D eigenvalue weighted by molar-refractivity contribution is 14.1. The largest absolute Gasteiger partial charge is 0.236 e. The third-order valence-electron chi connectivity index (χ3n) is 2.56. The van der Waals surface area contributed by atoms with Crippen LogP contribution >= 0.6 is 22.6 Å². The maximum absolute atomic E-state index is 13.7. The molecule has 0 atom stereocenters. The van der Waals surface area contributed by atoms with E-state index in [2.05, 4.69) is 32.7 Å². The molecule has 0 spiro atoms. The minimum absolute atomic E-state index is 0.0551. The van der Waals surface area contributed by atoms with Crippen LogP contribution in [0.15, 0.2) is 36.7 Å². The number of benzene rings is 1. The predicted molar refractivity (Wildman–Crippen MR) is 71.5 cm³/mol. The van der Waals surface area contributed by atoms with E-state index in [0.717, 1.165) is 27.2 Å². The quantitative estimate of drug-likeness (QED) is 0.626. The summed E-state index contributed by atoms with van der Waals surface area (Å²) in [5, 5.41) is 4.88. The van der Waals surface area contributed by atoms with Gasteiger partial charge in [-0.1, -0.05) is 0 Å². The van der Waals surface area contributed by atoms with Crippen molar-refractivity contribution >= 4 is 33.6 Å². The fraction of sp³-hybridized carbons (Fsp3) is 0. The van der Waals surface area contributed by atoms with Gasteiger partial charge in [0.05, 0.1) is 11.6 Å². The third-order valence-corrected chi connectivity index (χ3v) is 3.50. The lowest BCUT2D eigenvalue weighted by molar-refractivity contribution is 0.588. The normalized spacial score (nSPS) is 11.1. The van der Waals surface area contributed by atoms with Gasteiger partial charge in [0, 0.05) is 15.8 Å². The van der Waals surface area contributed by atoms with E-state index in [1.165, 1.54) is 4.68 Å². The summed E-state index contributed by atoms with van der Waals surface area (Å²) in [5.41, 5.74) is 0.561. The molecule has 2 aromatic heterocycles. The molecule has 0 N–H and O–H groups in total. The summed E-state index contributed by atoms with van der Waals surface area (Å²) < 4.78 is 29.2. The Bertz CT molecular complexity index is 739. The van der Waals surface area contributed by atoms with Gasteiger partial charge in [0.1, 0.15) is 17.3 Å². The van der Waals surface area contributed by atoms with Crippen LogP contribution in [-0.2, 0) is 0 Å². The lowest BCUT2D eigenvalue weighted by Gasteiger charge is -2.04. The summed E-state index contributed by atoms with van der Waals surface area (Å²) in [6, 6.07) is 5.08. The summed E-state index contributed by atoms with van der Waals surface area (Å²) in [6.07, 6.45) is 3.20. The van der Waals surface area contributed by atoms with Crippen LogP contribution in [0.25, 0.3) is 16.7 Å². The molecule has 0 saturated carbocycles. The number of fused-ring (bicyclic) bond motifs is 1. The van der Waals surface area contributed by atoms with E-state index < -0.39 is 11.6 Å². The van der Waals surface area contributed by atoms with Crippen molar-refractivity contribution in [3.63, 3.8) is 0 Å². The monoisotopic (exact) mass is 357 g/mol. The van der Waals surface area contributed by atoms with E-state index in [0.29, 0.717) is 5.65 Å². The predicted octanol–water partition coefficient (Wildman–Crippen LogP) is 3.30. The lowest BCUT2D eigenvalue weighted by Crippen LogP contribution is -2.01. The van der Waals surface area contributed by atoms with Gasteiger partial charge in [0.25, 0.3) is 0 Å². The highest BCUT2D eigenvalue weighted by Gasteiger charge is 2.12. The van der Waals surface area contributed by atoms with Crippen molar-refractivity contribution in [2.24, 2.45) is 0 Å². The first-order valence-electron chi connectivity index (χ1n) is 5.10. The molecule has 2 heterocycles. The van der Waals surface area contributed by atoms with Gasteiger partial charge in [-0.3, -0.25) is 0 Å².